The van der Waals surface area contributed by atoms with Crippen molar-refractivity contribution >= 4 is 5.97 Å². The molecule has 2 saturated carbocycles. The molecule has 0 radical (unpaired) electrons. The molecule has 0 spiro atoms. The third-order valence-electron chi connectivity index (χ3n) is 5.21. The molecule has 2 fully saturated rings. The van der Waals surface area contributed by atoms with Crippen molar-refractivity contribution in [1.82, 2.24) is 0 Å². The van der Waals surface area contributed by atoms with Crippen molar-refractivity contribution in [1.29, 1.82) is 0 Å². The summed E-state index contributed by atoms with van der Waals surface area (Å²) in [7, 11) is 0. The van der Waals surface area contributed by atoms with E-state index in [2.05, 4.69) is 0 Å². The third-order valence-corrected chi connectivity index (χ3v) is 5.21. The fraction of sp³-hybridized carbons (Fsp3) is 0.588. The Morgan fingerprint density at radius 1 is 1.21 bits per heavy atom. The molecule has 2 aliphatic rings. The van der Waals surface area contributed by atoms with Crippen molar-refractivity contribution in [2.24, 2.45) is 17.8 Å². The standard InChI is InChI=1S/C17H22O2/c18-17(19)16(13-4-2-1-3-5-13)9-8-15-11-12-6-7-14(15)10-12/h1-5,12,14-16H,6-11H2,(H,18,19). The van der Waals surface area contributed by atoms with E-state index in [1.807, 2.05) is 30.3 Å². The Kier molecular flexibility index (Phi) is 3.58. The summed E-state index contributed by atoms with van der Waals surface area (Å²) in [5, 5.41) is 9.43. The van der Waals surface area contributed by atoms with Gasteiger partial charge in [0, 0.05) is 0 Å². The summed E-state index contributed by atoms with van der Waals surface area (Å²) in [6, 6.07) is 9.70. The Morgan fingerprint density at radius 3 is 2.58 bits per heavy atom. The highest BCUT2D eigenvalue weighted by atomic mass is 16.4. The van der Waals surface area contributed by atoms with E-state index >= 15 is 0 Å². The predicted octanol–water partition coefficient (Wildman–Crippen LogP) is 4.07. The molecule has 2 aliphatic carbocycles. The number of aliphatic carboxylic acids is 1. The second-order valence-corrected chi connectivity index (χ2v) is 6.31. The summed E-state index contributed by atoms with van der Waals surface area (Å²) >= 11 is 0. The first-order valence-electron chi connectivity index (χ1n) is 7.52. The Balaban J connectivity index is 1.61. The molecule has 1 aromatic rings. The van der Waals surface area contributed by atoms with Gasteiger partial charge in [-0.15, -0.1) is 0 Å². The van der Waals surface area contributed by atoms with Crippen LogP contribution >= 0.6 is 0 Å². The van der Waals surface area contributed by atoms with Crippen LogP contribution in [0.1, 0.15) is 50.0 Å². The van der Waals surface area contributed by atoms with Crippen LogP contribution in [0.4, 0.5) is 0 Å². The average molecular weight is 258 g/mol. The lowest BCUT2D eigenvalue weighted by Gasteiger charge is -2.23. The third kappa shape index (κ3) is 2.68. The largest absolute Gasteiger partial charge is 0.481 e. The van der Waals surface area contributed by atoms with Crippen LogP contribution in [0.3, 0.4) is 0 Å². The van der Waals surface area contributed by atoms with Gasteiger partial charge in [-0.3, -0.25) is 4.79 Å². The second kappa shape index (κ2) is 5.36. The molecule has 0 amide bonds. The Labute approximate surface area is 114 Å². The van der Waals surface area contributed by atoms with Crippen molar-refractivity contribution in [3.05, 3.63) is 35.9 Å². The lowest BCUT2D eigenvalue weighted by Crippen LogP contribution is -2.16. The Bertz CT molecular complexity index is 440. The van der Waals surface area contributed by atoms with Crippen LogP contribution in [0.5, 0.6) is 0 Å². The predicted molar refractivity (Wildman–Crippen MR) is 75.0 cm³/mol. The van der Waals surface area contributed by atoms with E-state index in [1.165, 1.54) is 25.7 Å². The van der Waals surface area contributed by atoms with E-state index < -0.39 is 5.97 Å². The van der Waals surface area contributed by atoms with Gasteiger partial charge in [-0.05, 0) is 55.4 Å². The van der Waals surface area contributed by atoms with Gasteiger partial charge >= 0.3 is 5.97 Å². The van der Waals surface area contributed by atoms with Gasteiger partial charge in [-0.25, -0.2) is 0 Å². The molecular weight excluding hydrogens is 236 g/mol. The van der Waals surface area contributed by atoms with Gasteiger partial charge in [0.15, 0.2) is 0 Å². The minimum atomic E-state index is -0.672. The lowest BCUT2D eigenvalue weighted by atomic mass is 9.82. The maximum Gasteiger partial charge on any atom is 0.310 e. The van der Waals surface area contributed by atoms with Crippen LogP contribution in [0.2, 0.25) is 0 Å². The number of carboxylic acid groups (broad SMARTS) is 1. The Morgan fingerprint density at radius 2 is 2.00 bits per heavy atom. The fourth-order valence-electron chi connectivity index (χ4n) is 4.23. The molecule has 0 aliphatic heterocycles. The summed E-state index contributed by atoms with van der Waals surface area (Å²) in [5.74, 6) is 1.66. The summed E-state index contributed by atoms with van der Waals surface area (Å²) in [6.07, 6.45) is 7.46. The van der Waals surface area contributed by atoms with Crippen LogP contribution in [-0.4, -0.2) is 11.1 Å². The van der Waals surface area contributed by atoms with Crippen LogP contribution in [-0.2, 0) is 4.79 Å². The molecule has 3 rings (SSSR count). The first-order chi connectivity index (χ1) is 9.24. The van der Waals surface area contributed by atoms with Crippen molar-refractivity contribution in [3.63, 3.8) is 0 Å². The van der Waals surface area contributed by atoms with Gasteiger partial charge in [0.05, 0.1) is 5.92 Å². The molecule has 102 valence electrons. The van der Waals surface area contributed by atoms with E-state index in [9.17, 15) is 9.90 Å². The monoisotopic (exact) mass is 258 g/mol. The minimum absolute atomic E-state index is 0.319. The highest BCUT2D eigenvalue weighted by molar-refractivity contribution is 5.75. The number of benzene rings is 1. The molecule has 1 aromatic carbocycles. The van der Waals surface area contributed by atoms with E-state index in [0.717, 1.165) is 36.2 Å². The summed E-state index contributed by atoms with van der Waals surface area (Å²) < 4.78 is 0. The topological polar surface area (TPSA) is 37.3 Å². The van der Waals surface area contributed by atoms with Gasteiger partial charge in [0.1, 0.15) is 0 Å². The first-order valence-corrected chi connectivity index (χ1v) is 7.52. The van der Waals surface area contributed by atoms with E-state index in [1.54, 1.807) is 0 Å². The van der Waals surface area contributed by atoms with Gasteiger partial charge in [-0.1, -0.05) is 36.8 Å². The van der Waals surface area contributed by atoms with Crippen LogP contribution in [0.15, 0.2) is 30.3 Å². The number of fused-ring (bicyclic) bond motifs is 2. The van der Waals surface area contributed by atoms with Crippen LogP contribution < -0.4 is 0 Å². The number of carbonyl (C=O) groups is 1. The SMILES string of the molecule is O=C(O)C(CCC1CC2CCC1C2)c1ccccc1. The van der Waals surface area contributed by atoms with Crippen molar-refractivity contribution in [2.45, 2.75) is 44.4 Å². The molecule has 2 nitrogen and oxygen atoms in total. The summed E-state index contributed by atoms with van der Waals surface area (Å²) in [4.78, 5) is 11.5. The zero-order valence-corrected chi connectivity index (χ0v) is 11.3. The number of hydrogen-bond donors (Lipinski definition) is 1. The average Bonchev–Trinajstić information content (AvgIpc) is 3.02. The lowest BCUT2D eigenvalue weighted by molar-refractivity contribution is -0.139. The maximum atomic E-state index is 11.5. The molecule has 2 heteroatoms. The van der Waals surface area contributed by atoms with Crippen molar-refractivity contribution in [3.8, 4) is 0 Å². The first kappa shape index (κ1) is 12.7. The van der Waals surface area contributed by atoms with E-state index in [4.69, 9.17) is 0 Å². The normalized spacial score (nSPS) is 30.4. The number of hydrogen-bond acceptors (Lipinski definition) is 1. The fourth-order valence-corrected chi connectivity index (χ4v) is 4.23. The Hall–Kier alpha value is -1.31. The van der Waals surface area contributed by atoms with Crippen LogP contribution in [0.25, 0.3) is 0 Å². The van der Waals surface area contributed by atoms with E-state index in [0.29, 0.717) is 0 Å². The minimum Gasteiger partial charge on any atom is -0.481 e. The molecule has 4 unspecified atom stereocenters. The van der Waals surface area contributed by atoms with Gasteiger partial charge < -0.3 is 5.11 Å². The second-order valence-electron chi connectivity index (χ2n) is 6.31. The van der Waals surface area contributed by atoms with Crippen molar-refractivity contribution in [2.75, 3.05) is 0 Å². The zero-order valence-electron chi connectivity index (χ0n) is 11.3. The molecule has 0 saturated heterocycles. The van der Waals surface area contributed by atoms with Gasteiger partial charge in [-0.2, -0.15) is 0 Å². The highest BCUT2D eigenvalue weighted by Gasteiger charge is 2.39. The molecule has 4 atom stereocenters. The van der Waals surface area contributed by atoms with Gasteiger partial charge in [0.2, 0.25) is 0 Å². The summed E-state index contributed by atoms with van der Waals surface area (Å²) in [6.45, 7) is 0. The molecule has 19 heavy (non-hydrogen) atoms. The molecule has 1 N–H and O–H groups in total. The summed E-state index contributed by atoms with van der Waals surface area (Å²) in [5.41, 5.74) is 0.957. The van der Waals surface area contributed by atoms with Gasteiger partial charge in [0.25, 0.3) is 0 Å². The maximum absolute atomic E-state index is 11.5. The number of carboxylic acids is 1. The molecular formula is C17H22O2. The molecule has 0 heterocycles. The number of rotatable bonds is 5. The molecule has 2 bridgehead atoms. The smallest absolute Gasteiger partial charge is 0.310 e. The van der Waals surface area contributed by atoms with Crippen molar-refractivity contribution < 1.29 is 9.90 Å². The van der Waals surface area contributed by atoms with E-state index in [-0.39, 0.29) is 5.92 Å². The molecule has 0 aromatic heterocycles. The quantitative estimate of drug-likeness (QED) is 0.864. The zero-order chi connectivity index (χ0) is 13.2. The van der Waals surface area contributed by atoms with Crippen LogP contribution in [0, 0.1) is 17.8 Å². The highest BCUT2D eigenvalue weighted by Crippen LogP contribution is 2.50.